The van der Waals surface area contributed by atoms with Crippen molar-refractivity contribution in [2.45, 2.75) is 13.3 Å². The Morgan fingerprint density at radius 3 is 2.48 bits per heavy atom. The second-order valence-corrected chi connectivity index (χ2v) is 7.98. The molecule has 3 aromatic carbocycles. The maximum atomic E-state index is 14.4. The predicted molar refractivity (Wildman–Crippen MR) is 117 cm³/mol. The van der Waals surface area contributed by atoms with Crippen molar-refractivity contribution in [3.05, 3.63) is 110 Å². The quantitative estimate of drug-likeness (QED) is 0.244. The second kappa shape index (κ2) is 8.39. The van der Waals surface area contributed by atoms with Crippen LogP contribution in [0.4, 0.5) is 14.5 Å². The van der Waals surface area contributed by atoms with Crippen LogP contribution in [0.5, 0.6) is 0 Å². The molecule has 0 atom stereocenters. The lowest BCUT2D eigenvalue weighted by Crippen LogP contribution is -2.03. The normalized spacial score (nSPS) is 11.0. The number of rotatable bonds is 5. The summed E-state index contributed by atoms with van der Waals surface area (Å²) >= 11 is 3.40. The standard InChI is InChI=1S/C23H16BrF2N3O2/c1-14-2-8-18(12-22(14)29(30)31)28-13-21(19-9-7-17(25)11-20(19)26)27-23(28)10-15-3-5-16(24)6-4-15/h2-9,11-13H,10H2,1H3. The number of imidazole rings is 1. The third-order valence-corrected chi connectivity index (χ3v) is 5.46. The van der Waals surface area contributed by atoms with Crippen LogP contribution in [-0.2, 0) is 6.42 Å². The molecule has 31 heavy (non-hydrogen) atoms. The summed E-state index contributed by atoms with van der Waals surface area (Å²) in [5.74, 6) is -0.834. The SMILES string of the molecule is Cc1ccc(-n2cc(-c3ccc(F)cc3F)nc2Cc2ccc(Br)cc2)cc1[N+](=O)[O-]. The molecule has 0 fully saturated rings. The molecule has 0 saturated heterocycles. The van der Waals surface area contributed by atoms with Crippen LogP contribution < -0.4 is 0 Å². The Balaban J connectivity index is 1.85. The molecule has 0 aliphatic rings. The number of hydrogen-bond acceptors (Lipinski definition) is 3. The number of hydrogen-bond donors (Lipinski definition) is 0. The summed E-state index contributed by atoms with van der Waals surface area (Å²) in [7, 11) is 0. The molecule has 8 heteroatoms. The van der Waals surface area contributed by atoms with Gasteiger partial charge in [0.1, 0.15) is 17.5 Å². The average Bonchev–Trinajstić information content (AvgIpc) is 3.13. The number of aromatic nitrogens is 2. The highest BCUT2D eigenvalue weighted by Gasteiger charge is 2.18. The lowest BCUT2D eigenvalue weighted by molar-refractivity contribution is -0.385. The molecule has 1 aromatic heterocycles. The molecule has 5 nitrogen and oxygen atoms in total. The van der Waals surface area contributed by atoms with Crippen LogP contribution in [0.2, 0.25) is 0 Å². The Morgan fingerprint density at radius 2 is 1.81 bits per heavy atom. The molecule has 4 rings (SSSR count). The Kier molecular flexibility index (Phi) is 5.65. The predicted octanol–water partition coefficient (Wildman–Crippen LogP) is 6.39. The van der Waals surface area contributed by atoms with Crippen molar-refractivity contribution in [3.8, 4) is 16.9 Å². The fourth-order valence-corrected chi connectivity index (χ4v) is 3.59. The second-order valence-electron chi connectivity index (χ2n) is 7.07. The van der Waals surface area contributed by atoms with E-state index in [0.717, 1.165) is 16.1 Å². The summed E-state index contributed by atoms with van der Waals surface area (Å²) in [6, 6.07) is 15.8. The van der Waals surface area contributed by atoms with Gasteiger partial charge in [-0.15, -0.1) is 0 Å². The van der Waals surface area contributed by atoms with E-state index in [1.807, 2.05) is 24.3 Å². The first kappa shape index (κ1) is 20.9. The Morgan fingerprint density at radius 1 is 1.06 bits per heavy atom. The number of benzene rings is 3. The van der Waals surface area contributed by atoms with E-state index in [-0.39, 0.29) is 11.3 Å². The molecule has 0 aliphatic carbocycles. The van der Waals surface area contributed by atoms with Crippen molar-refractivity contribution < 1.29 is 13.7 Å². The molecule has 0 amide bonds. The highest BCUT2D eigenvalue weighted by atomic mass is 79.9. The number of nitrogens with zero attached hydrogens (tertiary/aromatic N) is 3. The molecule has 0 spiro atoms. The van der Waals surface area contributed by atoms with Gasteiger partial charge in [-0.3, -0.25) is 10.1 Å². The van der Waals surface area contributed by atoms with Crippen molar-refractivity contribution in [2.75, 3.05) is 0 Å². The first-order chi connectivity index (χ1) is 14.8. The summed E-state index contributed by atoms with van der Waals surface area (Å²) in [5.41, 5.74) is 2.48. The Hall–Kier alpha value is -3.39. The summed E-state index contributed by atoms with van der Waals surface area (Å²) in [6.45, 7) is 1.66. The number of nitro benzene ring substituents is 1. The largest absolute Gasteiger partial charge is 0.303 e. The minimum atomic E-state index is -0.727. The monoisotopic (exact) mass is 483 g/mol. The summed E-state index contributed by atoms with van der Waals surface area (Å²) < 4.78 is 30.4. The Bertz CT molecular complexity index is 1290. The lowest BCUT2D eigenvalue weighted by Gasteiger charge is -2.09. The van der Waals surface area contributed by atoms with Crippen LogP contribution in [0, 0.1) is 28.7 Å². The maximum Gasteiger partial charge on any atom is 0.274 e. The van der Waals surface area contributed by atoms with Gasteiger partial charge in [0.15, 0.2) is 0 Å². The summed E-state index contributed by atoms with van der Waals surface area (Å²) in [5, 5.41) is 11.4. The average molecular weight is 484 g/mol. The highest BCUT2D eigenvalue weighted by Crippen LogP contribution is 2.28. The van der Waals surface area contributed by atoms with Crippen molar-refractivity contribution in [3.63, 3.8) is 0 Å². The fraction of sp³-hybridized carbons (Fsp3) is 0.0870. The van der Waals surface area contributed by atoms with Crippen LogP contribution in [0.15, 0.2) is 71.3 Å². The van der Waals surface area contributed by atoms with E-state index in [9.17, 15) is 18.9 Å². The fourth-order valence-electron chi connectivity index (χ4n) is 3.32. The van der Waals surface area contributed by atoms with E-state index in [2.05, 4.69) is 20.9 Å². The van der Waals surface area contributed by atoms with Gasteiger partial charge in [-0.1, -0.05) is 34.1 Å². The molecule has 4 aromatic rings. The van der Waals surface area contributed by atoms with Gasteiger partial charge < -0.3 is 4.57 Å². The van der Waals surface area contributed by atoms with E-state index in [4.69, 9.17) is 0 Å². The zero-order chi connectivity index (χ0) is 22.1. The topological polar surface area (TPSA) is 61.0 Å². The number of aryl methyl sites for hydroxylation is 1. The van der Waals surface area contributed by atoms with Crippen molar-refractivity contribution in [2.24, 2.45) is 0 Å². The minimum Gasteiger partial charge on any atom is -0.303 e. The maximum absolute atomic E-state index is 14.4. The van der Waals surface area contributed by atoms with Gasteiger partial charge in [0.05, 0.1) is 16.3 Å². The van der Waals surface area contributed by atoms with Crippen LogP contribution in [0.3, 0.4) is 0 Å². The number of nitro groups is 1. The number of halogens is 3. The third kappa shape index (κ3) is 4.39. The molecule has 156 valence electrons. The molecule has 0 radical (unpaired) electrons. The highest BCUT2D eigenvalue weighted by molar-refractivity contribution is 9.10. The molecule has 1 heterocycles. The van der Waals surface area contributed by atoms with Gasteiger partial charge in [0.25, 0.3) is 5.69 Å². The summed E-state index contributed by atoms with van der Waals surface area (Å²) in [4.78, 5) is 15.5. The van der Waals surface area contributed by atoms with Crippen LogP contribution in [0.1, 0.15) is 17.0 Å². The lowest BCUT2D eigenvalue weighted by atomic mass is 10.1. The molecule has 0 unspecified atom stereocenters. The molecular weight excluding hydrogens is 468 g/mol. The van der Waals surface area contributed by atoms with Gasteiger partial charge >= 0.3 is 0 Å². The van der Waals surface area contributed by atoms with Gasteiger partial charge in [-0.25, -0.2) is 13.8 Å². The van der Waals surface area contributed by atoms with E-state index in [1.54, 1.807) is 29.8 Å². The molecule has 0 saturated carbocycles. The minimum absolute atomic E-state index is 0.0182. The Labute approximate surface area is 185 Å². The first-order valence-electron chi connectivity index (χ1n) is 9.35. The van der Waals surface area contributed by atoms with Crippen molar-refractivity contribution >= 4 is 21.6 Å². The van der Waals surface area contributed by atoms with Crippen molar-refractivity contribution in [1.82, 2.24) is 9.55 Å². The smallest absolute Gasteiger partial charge is 0.274 e. The van der Waals surface area contributed by atoms with Gasteiger partial charge in [0, 0.05) is 40.4 Å². The van der Waals surface area contributed by atoms with E-state index >= 15 is 0 Å². The van der Waals surface area contributed by atoms with Crippen LogP contribution >= 0.6 is 15.9 Å². The van der Waals surface area contributed by atoms with Crippen LogP contribution in [-0.4, -0.2) is 14.5 Å². The van der Waals surface area contributed by atoms with E-state index < -0.39 is 16.6 Å². The van der Waals surface area contributed by atoms with Crippen LogP contribution in [0.25, 0.3) is 16.9 Å². The van der Waals surface area contributed by atoms with Gasteiger partial charge in [-0.2, -0.15) is 0 Å². The third-order valence-electron chi connectivity index (χ3n) is 4.93. The first-order valence-corrected chi connectivity index (χ1v) is 10.1. The van der Waals surface area contributed by atoms with Gasteiger partial charge in [0.2, 0.25) is 0 Å². The van der Waals surface area contributed by atoms with Gasteiger partial charge in [-0.05, 0) is 42.8 Å². The molecule has 0 bridgehead atoms. The summed E-state index contributed by atoms with van der Waals surface area (Å²) in [6.07, 6.45) is 2.02. The molecule has 0 aliphatic heterocycles. The van der Waals surface area contributed by atoms with E-state index in [1.165, 1.54) is 18.2 Å². The molecular formula is C23H16BrF2N3O2. The van der Waals surface area contributed by atoms with Crippen molar-refractivity contribution in [1.29, 1.82) is 0 Å². The zero-order valence-electron chi connectivity index (χ0n) is 16.3. The van der Waals surface area contributed by atoms with E-state index in [0.29, 0.717) is 29.2 Å². The molecule has 0 N–H and O–H groups in total. The zero-order valence-corrected chi connectivity index (χ0v) is 17.9.